The average molecular weight is 430 g/mol. The predicted molar refractivity (Wildman–Crippen MR) is 106 cm³/mol. The van der Waals surface area contributed by atoms with Crippen molar-refractivity contribution < 1.29 is 23.1 Å². The van der Waals surface area contributed by atoms with E-state index in [4.69, 9.17) is 5.11 Å². The second-order valence-corrected chi connectivity index (χ2v) is 10.8. The molecule has 28 heavy (non-hydrogen) atoms. The molecule has 0 spiro atoms. The van der Waals surface area contributed by atoms with Gasteiger partial charge < -0.3 is 15.3 Å². The Bertz CT molecular complexity index is 811. The molecular formula is C18H27N3O5S2. The summed E-state index contributed by atoms with van der Waals surface area (Å²) in [6.07, 6.45) is 1.46. The third-order valence-corrected chi connectivity index (χ3v) is 9.22. The lowest BCUT2D eigenvalue weighted by atomic mass is 9.97. The van der Waals surface area contributed by atoms with Gasteiger partial charge in [0, 0.05) is 38.6 Å². The number of hydrogen-bond acceptors (Lipinski definition) is 5. The van der Waals surface area contributed by atoms with Gasteiger partial charge in [0.1, 0.15) is 4.21 Å². The van der Waals surface area contributed by atoms with Crippen molar-refractivity contribution in [3.05, 3.63) is 17.5 Å². The van der Waals surface area contributed by atoms with Crippen molar-refractivity contribution in [1.29, 1.82) is 0 Å². The summed E-state index contributed by atoms with van der Waals surface area (Å²) in [5, 5.41) is 13.8. The van der Waals surface area contributed by atoms with Crippen LogP contribution in [-0.4, -0.2) is 67.0 Å². The Labute approximate surface area is 169 Å². The average Bonchev–Trinajstić information content (AvgIpc) is 3.37. The zero-order chi connectivity index (χ0) is 20.5. The first-order valence-electron chi connectivity index (χ1n) is 9.49. The van der Waals surface area contributed by atoms with E-state index in [-0.39, 0.29) is 36.2 Å². The molecule has 10 heteroatoms. The standard InChI is InChI=1S/C18H27N3O5S2/c1-12(20(2)18(23)24)5-8-16(22)19-15-7-6-13-10-21(11-14(13)15)28(25,26)17-4-3-9-27-17/h3-4,9,12-15H,5-8,10-11H2,1-2H3,(H,19,22)(H,23,24)/t12?,13-,14?,15+/m1/s1. The Kier molecular flexibility index (Phi) is 6.31. The second kappa shape index (κ2) is 8.38. The maximum atomic E-state index is 12.7. The van der Waals surface area contributed by atoms with Crippen LogP contribution in [0.3, 0.4) is 0 Å². The predicted octanol–water partition coefficient (Wildman–Crippen LogP) is 2.04. The summed E-state index contributed by atoms with van der Waals surface area (Å²) < 4.78 is 27.4. The summed E-state index contributed by atoms with van der Waals surface area (Å²) in [5.74, 6) is 0.311. The Morgan fingerprint density at radius 1 is 1.39 bits per heavy atom. The third-order valence-electron chi connectivity index (χ3n) is 6.01. The van der Waals surface area contributed by atoms with Gasteiger partial charge in [-0.15, -0.1) is 11.3 Å². The second-order valence-electron chi connectivity index (χ2n) is 7.71. The monoisotopic (exact) mass is 429 g/mol. The van der Waals surface area contributed by atoms with Gasteiger partial charge in [0.05, 0.1) is 0 Å². The molecule has 156 valence electrons. The largest absolute Gasteiger partial charge is 0.465 e. The topological polar surface area (TPSA) is 107 Å². The highest BCUT2D eigenvalue weighted by atomic mass is 32.2. The fourth-order valence-corrected chi connectivity index (χ4v) is 6.82. The minimum atomic E-state index is -3.45. The van der Waals surface area contributed by atoms with Crippen molar-refractivity contribution >= 4 is 33.4 Å². The van der Waals surface area contributed by atoms with Crippen LogP contribution < -0.4 is 5.32 Å². The minimum absolute atomic E-state index is 0.0199. The molecule has 0 aromatic carbocycles. The highest BCUT2D eigenvalue weighted by Gasteiger charge is 2.46. The summed E-state index contributed by atoms with van der Waals surface area (Å²) in [6, 6.07) is 3.11. The molecule has 2 unspecified atom stereocenters. The van der Waals surface area contributed by atoms with Gasteiger partial charge in [0.2, 0.25) is 5.91 Å². The van der Waals surface area contributed by atoms with Crippen LogP contribution in [0.4, 0.5) is 4.79 Å². The normalized spacial score (nSPS) is 26.0. The highest BCUT2D eigenvalue weighted by Crippen LogP contribution is 2.40. The van der Waals surface area contributed by atoms with Crippen molar-refractivity contribution in [2.45, 2.75) is 48.9 Å². The van der Waals surface area contributed by atoms with Crippen LogP contribution in [0.5, 0.6) is 0 Å². The molecular weight excluding hydrogens is 402 g/mol. The lowest BCUT2D eigenvalue weighted by Crippen LogP contribution is -2.41. The Balaban J connectivity index is 1.53. The molecule has 2 amide bonds. The van der Waals surface area contributed by atoms with Gasteiger partial charge in [-0.1, -0.05) is 6.07 Å². The Morgan fingerprint density at radius 3 is 2.79 bits per heavy atom. The van der Waals surface area contributed by atoms with E-state index in [2.05, 4.69) is 5.32 Å². The van der Waals surface area contributed by atoms with E-state index in [1.165, 1.54) is 23.3 Å². The van der Waals surface area contributed by atoms with Crippen LogP contribution in [0, 0.1) is 11.8 Å². The van der Waals surface area contributed by atoms with Gasteiger partial charge in [-0.25, -0.2) is 13.2 Å². The number of nitrogens with zero attached hydrogens (tertiary/aromatic N) is 2. The molecule has 0 radical (unpaired) electrons. The zero-order valence-corrected chi connectivity index (χ0v) is 17.7. The maximum Gasteiger partial charge on any atom is 0.407 e. The molecule has 2 fully saturated rings. The SMILES string of the molecule is CC(CCC(=O)N[C@H]1CC[C@@H]2CN(S(=O)(=O)c3cccs3)CC21)N(C)C(=O)O. The van der Waals surface area contributed by atoms with Crippen LogP contribution in [0.25, 0.3) is 0 Å². The number of thiophene rings is 1. The number of carboxylic acid groups (broad SMARTS) is 1. The third kappa shape index (κ3) is 4.33. The van der Waals surface area contributed by atoms with Gasteiger partial charge in [-0.3, -0.25) is 4.79 Å². The van der Waals surface area contributed by atoms with Crippen LogP contribution in [0.15, 0.2) is 21.7 Å². The molecule has 2 aliphatic rings. The van der Waals surface area contributed by atoms with Crippen LogP contribution in [0.1, 0.15) is 32.6 Å². The van der Waals surface area contributed by atoms with E-state index in [9.17, 15) is 18.0 Å². The fraction of sp³-hybridized carbons (Fsp3) is 0.667. The number of hydrogen-bond donors (Lipinski definition) is 2. The molecule has 1 aliphatic carbocycles. The van der Waals surface area contributed by atoms with E-state index >= 15 is 0 Å². The number of rotatable bonds is 7. The quantitative estimate of drug-likeness (QED) is 0.690. The molecule has 1 aromatic rings. The van der Waals surface area contributed by atoms with E-state index in [0.29, 0.717) is 23.7 Å². The number of fused-ring (bicyclic) bond motifs is 1. The van der Waals surface area contributed by atoms with Gasteiger partial charge in [-0.05, 0) is 49.5 Å². The van der Waals surface area contributed by atoms with E-state index in [0.717, 1.165) is 12.8 Å². The Morgan fingerprint density at radius 2 is 2.14 bits per heavy atom. The van der Waals surface area contributed by atoms with Gasteiger partial charge in [0.25, 0.3) is 10.0 Å². The molecule has 1 saturated carbocycles. The number of amides is 2. The highest BCUT2D eigenvalue weighted by molar-refractivity contribution is 7.91. The first-order valence-corrected chi connectivity index (χ1v) is 11.8. The lowest BCUT2D eigenvalue weighted by molar-refractivity contribution is -0.122. The smallest absolute Gasteiger partial charge is 0.407 e. The van der Waals surface area contributed by atoms with E-state index in [1.54, 1.807) is 28.7 Å². The van der Waals surface area contributed by atoms with E-state index < -0.39 is 16.1 Å². The number of carbonyl (C=O) groups is 2. The fourth-order valence-electron chi connectivity index (χ4n) is 4.14. The molecule has 4 atom stereocenters. The van der Waals surface area contributed by atoms with Gasteiger partial charge in [0.15, 0.2) is 0 Å². The summed E-state index contributed by atoms with van der Waals surface area (Å²) in [6.45, 7) is 2.73. The lowest BCUT2D eigenvalue weighted by Gasteiger charge is -2.23. The van der Waals surface area contributed by atoms with Crippen LogP contribution >= 0.6 is 11.3 Å². The molecule has 3 rings (SSSR count). The summed E-state index contributed by atoms with van der Waals surface area (Å²) in [4.78, 5) is 24.5. The van der Waals surface area contributed by atoms with Crippen LogP contribution in [-0.2, 0) is 14.8 Å². The Hall–Kier alpha value is -1.65. The molecule has 0 bridgehead atoms. The minimum Gasteiger partial charge on any atom is -0.465 e. The van der Waals surface area contributed by atoms with Crippen molar-refractivity contribution in [2.75, 3.05) is 20.1 Å². The van der Waals surface area contributed by atoms with Gasteiger partial charge in [-0.2, -0.15) is 4.31 Å². The molecule has 1 saturated heterocycles. The summed E-state index contributed by atoms with van der Waals surface area (Å²) >= 11 is 1.22. The molecule has 8 nitrogen and oxygen atoms in total. The molecule has 2 heterocycles. The first kappa shape index (κ1) is 21.1. The van der Waals surface area contributed by atoms with Crippen LogP contribution in [0.2, 0.25) is 0 Å². The van der Waals surface area contributed by atoms with Crippen molar-refractivity contribution in [3.63, 3.8) is 0 Å². The summed E-state index contributed by atoms with van der Waals surface area (Å²) in [7, 11) is -1.96. The van der Waals surface area contributed by atoms with Crippen molar-refractivity contribution in [2.24, 2.45) is 11.8 Å². The zero-order valence-electron chi connectivity index (χ0n) is 16.1. The molecule has 1 aliphatic heterocycles. The maximum absolute atomic E-state index is 12.7. The van der Waals surface area contributed by atoms with Crippen molar-refractivity contribution in [3.8, 4) is 0 Å². The summed E-state index contributed by atoms with van der Waals surface area (Å²) in [5.41, 5.74) is 0. The number of sulfonamides is 1. The first-order chi connectivity index (χ1) is 13.2. The molecule has 2 N–H and O–H groups in total. The van der Waals surface area contributed by atoms with Gasteiger partial charge >= 0.3 is 6.09 Å². The number of carbonyl (C=O) groups excluding carboxylic acids is 1. The van der Waals surface area contributed by atoms with E-state index in [1.807, 2.05) is 0 Å². The van der Waals surface area contributed by atoms with Crippen molar-refractivity contribution in [1.82, 2.24) is 14.5 Å². The number of nitrogens with one attached hydrogen (secondary N) is 1. The molecule has 1 aromatic heterocycles.